The smallest absolute Gasteiger partial charge is 0.407 e. The molecule has 0 fully saturated rings. The molecule has 8 nitrogen and oxygen atoms in total. The van der Waals surface area contributed by atoms with E-state index in [1.165, 1.54) is 0 Å². The molecule has 0 aromatic rings. The lowest BCUT2D eigenvalue weighted by molar-refractivity contribution is -0.165. The normalized spacial score (nSPS) is 13.7. The Morgan fingerprint density at radius 3 is 2.56 bits per heavy atom. The van der Waals surface area contributed by atoms with E-state index in [1.807, 2.05) is 0 Å². The summed E-state index contributed by atoms with van der Waals surface area (Å²) < 4.78 is 9.52. The van der Waals surface area contributed by atoms with Gasteiger partial charge in [0.25, 0.3) is 0 Å². The van der Waals surface area contributed by atoms with Crippen LogP contribution in [0, 0.1) is 0 Å². The average molecular weight is 265 g/mol. The third-order valence-electron chi connectivity index (χ3n) is 1.97. The molecule has 0 aliphatic rings. The van der Waals surface area contributed by atoms with Crippen LogP contribution >= 0.6 is 0 Å². The van der Waals surface area contributed by atoms with Crippen molar-refractivity contribution >= 4 is 12.1 Å². The third-order valence-corrected chi connectivity index (χ3v) is 1.97. The molecular weight excluding hydrogens is 246 g/mol. The summed E-state index contributed by atoms with van der Waals surface area (Å²) in [5.74, 6) is -1.03. The van der Waals surface area contributed by atoms with Gasteiger partial charge < -0.3 is 30.1 Å². The van der Waals surface area contributed by atoms with Gasteiger partial charge in [-0.25, -0.2) is 4.79 Å². The summed E-state index contributed by atoms with van der Waals surface area (Å²) in [6.07, 6.45) is -2.38. The minimum Gasteiger partial charge on any atom is -0.481 e. The van der Waals surface area contributed by atoms with E-state index < -0.39 is 31.1 Å². The summed E-state index contributed by atoms with van der Waals surface area (Å²) in [5, 5.41) is 28.6. The number of amides is 1. The van der Waals surface area contributed by atoms with E-state index in [2.05, 4.69) is 10.1 Å². The fourth-order valence-electron chi connectivity index (χ4n) is 0.999. The van der Waals surface area contributed by atoms with Crippen LogP contribution in [0.3, 0.4) is 0 Å². The fraction of sp³-hybridized carbons (Fsp3) is 0.800. The van der Waals surface area contributed by atoms with Crippen molar-refractivity contribution in [3.8, 4) is 0 Å². The van der Waals surface area contributed by atoms with Crippen LogP contribution in [0.25, 0.3) is 0 Å². The number of carboxylic acids is 1. The first-order valence-electron chi connectivity index (χ1n) is 5.56. The second-order valence-corrected chi connectivity index (χ2v) is 3.47. The van der Waals surface area contributed by atoms with Crippen molar-refractivity contribution in [1.82, 2.24) is 5.32 Å². The largest absolute Gasteiger partial charge is 0.481 e. The fourth-order valence-corrected chi connectivity index (χ4v) is 0.999. The van der Waals surface area contributed by atoms with Crippen LogP contribution in [0.2, 0.25) is 0 Å². The van der Waals surface area contributed by atoms with Crippen molar-refractivity contribution in [1.29, 1.82) is 0 Å². The predicted octanol–water partition coefficient (Wildman–Crippen LogP) is -0.707. The lowest BCUT2D eigenvalue weighted by Crippen LogP contribution is -2.32. The summed E-state index contributed by atoms with van der Waals surface area (Å²) in [5.41, 5.74) is 0. The number of nitrogens with one attached hydrogen (secondary N) is 1. The number of aliphatic carboxylic acids is 1. The third kappa shape index (κ3) is 8.74. The number of hydrogen-bond donors (Lipinski definition) is 4. The number of alkyl carbamates (subject to hydrolysis) is 1. The van der Waals surface area contributed by atoms with E-state index in [1.54, 1.807) is 6.92 Å². The molecule has 0 radical (unpaired) electrons. The lowest BCUT2D eigenvalue weighted by Gasteiger charge is -2.18. The number of aliphatic hydroxyl groups excluding tert-OH is 2. The predicted molar refractivity (Wildman–Crippen MR) is 59.9 cm³/mol. The summed E-state index contributed by atoms with van der Waals surface area (Å²) in [6.45, 7) is 1.08. The molecule has 0 saturated heterocycles. The van der Waals surface area contributed by atoms with E-state index in [0.717, 1.165) is 0 Å². The second kappa shape index (κ2) is 9.63. The Morgan fingerprint density at radius 2 is 2.06 bits per heavy atom. The molecular formula is C10H19NO7. The van der Waals surface area contributed by atoms with Crippen LogP contribution in [0.15, 0.2) is 0 Å². The minimum absolute atomic E-state index is 0.0562. The number of carbonyl (C=O) groups is 2. The monoisotopic (exact) mass is 265 g/mol. The van der Waals surface area contributed by atoms with Crippen molar-refractivity contribution < 1.29 is 34.4 Å². The van der Waals surface area contributed by atoms with Crippen molar-refractivity contribution in [3.05, 3.63) is 0 Å². The maximum absolute atomic E-state index is 11.0. The zero-order valence-corrected chi connectivity index (χ0v) is 10.2. The number of rotatable bonds is 9. The summed E-state index contributed by atoms with van der Waals surface area (Å²) >= 11 is 0. The van der Waals surface area contributed by atoms with Crippen LogP contribution in [0.5, 0.6) is 0 Å². The molecule has 106 valence electrons. The summed E-state index contributed by atoms with van der Waals surface area (Å²) in [6, 6.07) is 0. The van der Waals surface area contributed by atoms with Crippen molar-refractivity contribution in [3.63, 3.8) is 0 Å². The highest BCUT2D eigenvalue weighted by Gasteiger charge is 2.14. The Morgan fingerprint density at radius 1 is 1.39 bits per heavy atom. The van der Waals surface area contributed by atoms with Gasteiger partial charge in [-0.15, -0.1) is 0 Å². The molecule has 0 rings (SSSR count). The molecule has 0 aromatic heterocycles. The first-order chi connectivity index (χ1) is 8.49. The molecule has 0 aliphatic heterocycles. The van der Waals surface area contributed by atoms with E-state index in [-0.39, 0.29) is 19.6 Å². The first kappa shape index (κ1) is 16.6. The molecule has 0 heterocycles. The van der Waals surface area contributed by atoms with Gasteiger partial charge in [-0.3, -0.25) is 4.79 Å². The Kier molecular flexibility index (Phi) is 8.89. The maximum atomic E-state index is 11.0. The molecule has 0 saturated carbocycles. The lowest BCUT2D eigenvalue weighted by atomic mass is 10.3. The first-order valence-corrected chi connectivity index (χ1v) is 5.56. The molecule has 2 atom stereocenters. The average Bonchev–Trinajstić information content (AvgIpc) is 2.33. The number of carbonyl (C=O) groups excluding carboxylic acids is 1. The number of ether oxygens (including phenoxy) is 2. The van der Waals surface area contributed by atoms with Gasteiger partial charge in [-0.2, -0.15) is 0 Å². The van der Waals surface area contributed by atoms with Crippen LogP contribution in [0.4, 0.5) is 4.79 Å². The van der Waals surface area contributed by atoms with Crippen molar-refractivity contribution in [2.24, 2.45) is 0 Å². The Labute approximate surface area is 105 Å². The molecule has 2 unspecified atom stereocenters. The van der Waals surface area contributed by atoms with Gasteiger partial charge in [0.2, 0.25) is 0 Å². The quantitative estimate of drug-likeness (QED) is 0.406. The molecule has 1 amide bonds. The van der Waals surface area contributed by atoms with Gasteiger partial charge in [0.15, 0.2) is 6.29 Å². The molecule has 0 aliphatic carbocycles. The molecule has 0 aromatic carbocycles. The zero-order valence-electron chi connectivity index (χ0n) is 10.2. The Balaban J connectivity index is 3.67. The van der Waals surface area contributed by atoms with Gasteiger partial charge in [0, 0.05) is 6.54 Å². The Hall–Kier alpha value is -1.38. The van der Waals surface area contributed by atoms with Gasteiger partial charge in [0.05, 0.1) is 19.1 Å². The molecule has 0 spiro atoms. The topological polar surface area (TPSA) is 125 Å². The van der Waals surface area contributed by atoms with Gasteiger partial charge in [-0.05, 0) is 6.42 Å². The highest BCUT2D eigenvalue weighted by molar-refractivity contribution is 5.70. The van der Waals surface area contributed by atoms with Gasteiger partial charge in [-0.1, -0.05) is 6.92 Å². The van der Waals surface area contributed by atoms with Crippen molar-refractivity contribution in [2.45, 2.75) is 32.2 Å². The zero-order chi connectivity index (χ0) is 14.0. The second-order valence-electron chi connectivity index (χ2n) is 3.47. The van der Waals surface area contributed by atoms with Crippen LogP contribution in [-0.2, 0) is 14.3 Å². The molecule has 8 heteroatoms. The molecule has 0 bridgehead atoms. The van der Waals surface area contributed by atoms with Gasteiger partial charge in [0.1, 0.15) is 6.61 Å². The Bertz CT molecular complexity index is 255. The van der Waals surface area contributed by atoms with E-state index >= 15 is 0 Å². The number of aliphatic hydroxyl groups is 2. The summed E-state index contributed by atoms with van der Waals surface area (Å²) in [4.78, 5) is 21.2. The van der Waals surface area contributed by atoms with E-state index in [9.17, 15) is 14.7 Å². The highest BCUT2D eigenvalue weighted by atomic mass is 16.6. The number of carboxylic acid groups (broad SMARTS) is 1. The highest BCUT2D eigenvalue weighted by Crippen LogP contribution is 2.01. The van der Waals surface area contributed by atoms with Crippen molar-refractivity contribution in [2.75, 3.05) is 19.8 Å². The molecule has 4 N–H and O–H groups in total. The van der Waals surface area contributed by atoms with Crippen LogP contribution in [-0.4, -0.2) is 59.5 Å². The standard InChI is InChI=1S/C10H19NO7/c1-2-7(5-12)18-9(15)6-17-10(16)11-4-3-8(13)14/h7,9,12,15H,2-6H2,1H3,(H,11,16)(H,13,14). The number of hydrogen-bond acceptors (Lipinski definition) is 6. The SMILES string of the molecule is CCC(CO)OC(O)COC(=O)NCCC(=O)O. The van der Waals surface area contributed by atoms with E-state index in [0.29, 0.717) is 6.42 Å². The van der Waals surface area contributed by atoms with E-state index in [4.69, 9.17) is 14.9 Å². The van der Waals surface area contributed by atoms with Crippen LogP contribution in [0.1, 0.15) is 19.8 Å². The maximum Gasteiger partial charge on any atom is 0.407 e. The van der Waals surface area contributed by atoms with Crippen LogP contribution < -0.4 is 5.32 Å². The summed E-state index contributed by atoms with van der Waals surface area (Å²) in [7, 11) is 0. The molecule has 18 heavy (non-hydrogen) atoms. The minimum atomic E-state index is -1.33. The van der Waals surface area contributed by atoms with Gasteiger partial charge >= 0.3 is 12.1 Å².